The van der Waals surface area contributed by atoms with Gasteiger partial charge in [0.25, 0.3) is 0 Å². The first-order valence-electron chi connectivity index (χ1n) is 5.47. The summed E-state index contributed by atoms with van der Waals surface area (Å²) >= 11 is 3.14. The van der Waals surface area contributed by atoms with Crippen molar-refractivity contribution in [1.82, 2.24) is 9.78 Å². The van der Waals surface area contributed by atoms with Gasteiger partial charge in [0.15, 0.2) is 0 Å². The molecular formula is C12H12BrFN4O. The van der Waals surface area contributed by atoms with Crippen LogP contribution in [0.4, 0.5) is 10.1 Å². The quantitative estimate of drug-likeness (QED) is 0.905. The Kier molecular flexibility index (Phi) is 3.96. The Morgan fingerprint density at radius 3 is 2.89 bits per heavy atom. The molecule has 0 aliphatic heterocycles. The first kappa shape index (κ1) is 13.7. The number of nitrogens with two attached hydrogens (primary N) is 1. The summed E-state index contributed by atoms with van der Waals surface area (Å²) in [4.78, 5) is 11.9. The molecule has 0 fully saturated rings. The molecule has 5 nitrogen and oxygen atoms in total. The fourth-order valence-electron chi connectivity index (χ4n) is 1.55. The smallest absolute Gasteiger partial charge is 0.246 e. The summed E-state index contributed by atoms with van der Waals surface area (Å²) < 4.78 is 15.7. The van der Waals surface area contributed by atoms with E-state index in [1.807, 2.05) is 0 Å². The van der Waals surface area contributed by atoms with Crippen LogP contribution in [-0.4, -0.2) is 15.7 Å². The Balaban J connectivity index is 2.12. The van der Waals surface area contributed by atoms with Crippen molar-refractivity contribution in [2.24, 2.45) is 12.8 Å². The molecule has 3 N–H and O–H groups in total. The second-order valence-corrected chi connectivity index (χ2v) is 4.95. The van der Waals surface area contributed by atoms with Crippen molar-refractivity contribution in [1.29, 1.82) is 0 Å². The van der Waals surface area contributed by atoms with Gasteiger partial charge in [0, 0.05) is 23.3 Å². The average Bonchev–Trinajstić information content (AvgIpc) is 2.78. The molecule has 0 spiro atoms. The highest BCUT2D eigenvalue weighted by atomic mass is 79.9. The summed E-state index contributed by atoms with van der Waals surface area (Å²) in [6.45, 7) is 0. The number of rotatable bonds is 3. The molecule has 1 heterocycles. The summed E-state index contributed by atoms with van der Waals surface area (Å²) in [7, 11) is 1.72. The zero-order valence-electron chi connectivity index (χ0n) is 10.1. The predicted molar refractivity (Wildman–Crippen MR) is 72.9 cm³/mol. The lowest BCUT2D eigenvalue weighted by Crippen LogP contribution is -2.27. The minimum absolute atomic E-state index is 0.0903. The lowest BCUT2D eigenvalue weighted by atomic mass is 10.1. The number of carbonyl (C=O) groups excluding carboxylic acids is 1. The Morgan fingerprint density at radius 1 is 1.58 bits per heavy atom. The van der Waals surface area contributed by atoms with Crippen LogP contribution in [0.2, 0.25) is 0 Å². The molecule has 0 saturated heterocycles. The van der Waals surface area contributed by atoms with Crippen LogP contribution in [0.15, 0.2) is 35.1 Å². The normalized spacial score (nSPS) is 12.2. The summed E-state index contributed by atoms with van der Waals surface area (Å²) in [5.41, 5.74) is 6.44. The highest BCUT2D eigenvalue weighted by Crippen LogP contribution is 2.20. The molecule has 1 unspecified atom stereocenters. The van der Waals surface area contributed by atoms with E-state index in [2.05, 4.69) is 26.3 Å². The number of anilines is 1. The first-order chi connectivity index (χ1) is 8.97. The van der Waals surface area contributed by atoms with Gasteiger partial charge in [-0.15, -0.1) is 0 Å². The van der Waals surface area contributed by atoms with E-state index in [-0.39, 0.29) is 5.69 Å². The van der Waals surface area contributed by atoms with Crippen molar-refractivity contribution in [3.05, 3.63) is 46.4 Å². The SMILES string of the molecule is Cn1cc(C(N)C(=O)Nc2ccc(Br)cc2F)cn1. The highest BCUT2D eigenvalue weighted by molar-refractivity contribution is 9.10. The summed E-state index contributed by atoms with van der Waals surface area (Å²) in [6, 6.07) is 3.48. The van der Waals surface area contributed by atoms with Crippen LogP contribution >= 0.6 is 15.9 Å². The average molecular weight is 327 g/mol. The number of carbonyl (C=O) groups is 1. The maximum Gasteiger partial charge on any atom is 0.246 e. The van der Waals surface area contributed by atoms with Crippen molar-refractivity contribution >= 4 is 27.5 Å². The first-order valence-corrected chi connectivity index (χ1v) is 6.26. The number of nitrogens with one attached hydrogen (secondary N) is 1. The molecule has 1 atom stereocenters. The van der Waals surface area contributed by atoms with Crippen LogP contribution in [0.1, 0.15) is 11.6 Å². The van der Waals surface area contributed by atoms with Gasteiger partial charge in [-0.1, -0.05) is 15.9 Å². The molecule has 1 aromatic heterocycles. The standard InChI is InChI=1S/C12H12BrFN4O/c1-18-6-7(5-16-18)11(15)12(19)17-10-3-2-8(13)4-9(10)14/h2-6,11H,15H2,1H3,(H,17,19). The topological polar surface area (TPSA) is 72.9 Å². The zero-order valence-corrected chi connectivity index (χ0v) is 11.7. The van der Waals surface area contributed by atoms with Gasteiger partial charge in [0.05, 0.1) is 11.9 Å². The second kappa shape index (κ2) is 5.50. The van der Waals surface area contributed by atoms with E-state index in [1.54, 1.807) is 24.0 Å². The largest absolute Gasteiger partial charge is 0.322 e. The molecule has 0 aliphatic carbocycles. The van der Waals surface area contributed by atoms with Gasteiger partial charge in [-0.25, -0.2) is 4.39 Å². The third kappa shape index (κ3) is 3.18. The van der Waals surface area contributed by atoms with Crippen LogP contribution in [0.25, 0.3) is 0 Å². The Hall–Kier alpha value is -1.73. The van der Waals surface area contributed by atoms with E-state index in [4.69, 9.17) is 5.73 Å². The lowest BCUT2D eigenvalue weighted by molar-refractivity contribution is -0.117. The van der Waals surface area contributed by atoms with Crippen molar-refractivity contribution in [2.45, 2.75) is 6.04 Å². The number of hydrogen-bond donors (Lipinski definition) is 2. The van der Waals surface area contributed by atoms with Crippen LogP contribution < -0.4 is 11.1 Å². The number of hydrogen-bond acceptors (Lipinski definition) is 3. The predicted octanol–water partition coefficient (Wildman–Crippen LogP) is 1.96. The van der Waals surface area contributed by atoms with Gasteiger partial charge in [0.1, 0.15) is 11.9 Å². The minimum Gasteiger partial charge on any atom is -0.322 e. The minimum atomic E-state index is -0.892. The van der Waals surface area contributed by atoms with E-state index >= 15 is 0 Å². The maximum atomic E-state index is 13.6. The maximum absolute atomic E-state index is 13.6. The second-order valence-electron chi connectivity index (χ2n) is 4.04. The van der Waals surface area contributed by atoms with Crippen molar-refractivity contribution in [3.63, 3.8) is 0 Å². The van der Waals surface area contributed by atoms with Crippen LogP contribution in [0.3, 0.4) is 0 Å². The molecule has 2 aromatic rings. The third-order valence-corrected chi connectivity index (χ3v) is 3.05. The molecule has 1 amide bonds. The van der Waals surface area contributed by atoms with Gasteiger partial charge in [-0.2, -0.15) is 5.10 Å². The van der Waals surface area contributed by atoms with Crippen LogP contribution in [0.5, 0.6) is 0 Å². The number of benzene rings is 1. The van der Waals surface area contributed by atoms with E-state index < -0.39 is 17.8 Å². The third-order valence-electron chi connectivity index (χ3n) is 2.56. The van der Waals surface area contributed by atoms with Gasteiger partial charge >= 0.3 is 0 Å². The number of amides is 1. The fraction of sp³-hybridized carbons (Fsp3) is 0.167. The van der Waals surface area contributed by atoms with Crippen LogP contribution in [-0.2, 0) is 11.8 Å². The Bertz CT molecular complexity index is 614. The Morgan fingerprint density at radius 2 is 2.32 bits per heavy atom. The molecular weight excluding hydrogens is 315 g/mol. The molecule has 0 radical (unpaired) electrons. The number of halogens is 2. The van der Waals surface area contributed by atoms with Gasteiger partial charge < -0.3 is 11.1 Å². The van der Waals surface area contributed by atoms with Crippen molar-refractivity contribution in [2.75, 3.05) is 5.32 Å². The van der Waals surface area contributed by atoms with Crippen molar-refractivity contribution in [3.8, 4) is 0 Å². The highest BCUT2D eigenvalue weighted by Gasteiger charge is 2.18. The zero-order chi connectivity index (χ0) is 14.0. The Labute approximate surface area is 117 Å². The van der Waals surface area contributed by atoms with Crippen LogP contribution in [0, 0.1) is 5.82 Å². The van der Waals surface area contributed by atoms with E-state index in [9.17, 15) is 9.18 Å². The molecule has 7 heteroatoms. The molecule has 0 saturated carbocycles. The van der Waals surface area contributed by atoms with Crippen molar-refractivity contribution < 1.29 is 9.18 Å². The molecule has 0 aliphatic rings. The fourth-order valence-corrected chi connectivity index (χ4v) is 1.89. The molecule has 19 heavy (non-hydrogen) atoms. The molecule has 1 aromatic carbocycles. The van der Waals surface area contributed by atoms with E-state index in [1.165, 1.54) is 18.3 Å². The summed E-state index contributed by atoms with van der Waals surface area (Å²) in [5, 5.41) is 6.38. The van der Waals surface area contributed by atoms with Gasteiger partial charge in [0.2, 0.25) is 5.91 Å². The summed E-state index contributed by atoms with van der Waals surface area (Å²) in [5.74, 6) is -1.02. The van der Waals surface area contributed by atoms with Gasteiger partial charge in [-0.05, 0) is 18.2 Å². The molecule has 0 bridgehead atoms. The van der Waals surface area contributed by atoms with E-state index in [0.29, 0.717) is 10.0 Å². The summed E-state index contributed by atoms with van der Waals surface area (Å²) in [6.07, 6.45) is 3.14. The monoisotopic (exact) mass is 326 g/mol. The molecule has 2 rings (SSSR count). The number of aromatic nitrogens is 2. The molecule has 100 valence electrons. The van der Waals surface area contributed by atoms with E-state index in [0.717, 1.165) is 0 Å². The van der Waals surface area contributed by atoms with Gasteiger partial charge in [-0.3, -0.25) is 9.48 Å². The number of aryl methyl sites for hydroxylation is 1. The lowest BCUT2D eigenvalue weighted by Gasteiger charge is -2.11. The number of nitrogens with zero attached hydrogens (tertiary/aromatic N) is 2.